The second-order valence-corrected chi connectivity index (χ2v) is 6.75. The molecule has 0 atom stereocenters. The Kier molecular flexibility index (Phi) is 4.59. The topological polar surface area (TPSA) is 43.6 Å². The van der Waals surface area contributed by atoms with Gasteiger partial charge in [0.05, 0.1) is 16.8 Å². The molecule has 1 heterocycles. The quantitative estimate of drug-likeness (QED) is 0.734. The largest absolute Gasteiger partial charge is 0.383 e. The van der Waals surface area contributed by atoms with Crippen LogP contribution in [-0.4, -0.2) is 24.2 Å². The predicted molar refractivity (Wildman–Crippen MR) is 94.6 cm³/mol. The lowest BCUT2D eigenvalue weighted by molar-refractivity contribution is -0.120. The summed E-state index contributed by atoms with van der Waals surface area (Å²) in [7, 11) is 1.68. The van der Waals surface area contributed by atoms with Crippen molar-refractivity contribution in [2.75, 3.05) is 13.7 Å². The molecule has 0 spiro atoms. The van der Waals surface area contributed by atoms with Crippen LogP contribution in [0, 0.1) is 5.92 Å². The minimum atomic E-state index is -0.104. The number of hydrogen-bond donors (Lipinski definition) is 0. The smallest absolute Gasteiger partial charge is 0.250 e. The maximum Gasteiger partial charge on any atom is 0.250 e. The molecule has 0 bridgehead atoms. The van der Waals surface area contributed by atoms with Crippen LogP contribution in [0.5, 0.6) is 0 Å². The molecule has 23 heavy (non-hydrogen) atoms. The van der Waals surface area contributed by atoms with Crippen LogP contribution >= 0.6 is 11.3 Å². The fourth-order valence-corrected chi connectivity index (χ4v) is 3.70. The monoisotopic (exact) mass is 328 g/mol. The number of fused-ring (bicyclic) bond motifs is 3. The normalized spacial score (nSPS) is 12.6. The first-order valence-electron chi connectivity index (χ1n) is 7.70. The van der Waals surface area contributed by atoms with Crippen molar-refractivity contribution in [3.63, 3.8) is 0 Å². The van der Waals surface area contributed by atoms with Gasteiger partial charge in [-0.1, -0.05) is 55.5 Å². The molecule has 1 aromatic heterocycles. The Labute approximate surface area is 139 Å². The molecule has 0 saturated carbocycles. The summed E-state index contributed by atoms with van der Waals surface area (Å²) in [5.41, 5.74) is 1.10. The number of nitrogens with zero attached hydrogens (tertiary/aromatic N) is 2. The van der Waals surface area contributed by atoms with Gasteiger partial charge < -0.3 is 9.30 Å². The van der Waals surface area contributed by atoms with E-state index in [0.29, 0.717) is 13.2 Å². The fourth-order valence-electron chi connectivity index (χ4n) is 2.51. The van der Waals surface area contributed by atoms with E-state index in [1.165, 1.54) is 10.8 Å². The molecular formula is C18H20N2O2S. The van der Waals surface area contributed by atoms with E-state index >= 15 is 0 Å². The Bertz CT molecular complexity index is 922. The van der Waals surface area contributed by atoms with Crippen LogP contribution in [0.4, 0.5) is 0 Å². The van der Waals surface area contributed by atoms with Crippen LogP contribution in [0.3, 0.4) is 0 Å². The zero-order chi connectivity index (χ0) is 16.4. The maximum atomic E-state index is 12.1. The highest BCUT2D eigenvalue weighted by Crippen LogP contribution is 2.27. The number of rotatable bonds is 4. The number of thiazole rings is 1. The van der Waals surface area contributed by atoms with Crippen LogP contribution in [0.15, 0.2) is 41.4 Å². The highest BCUT2D eigenvalue weighted by molar-refractivity contribution is 7.17. The molecule has 0 radical (unpaired) electrons. The van der Waals surface area contributed by atoms with Gasteiger partial charge in [0, 0.05) is 25.0 Å². The first-order chi connectivity index (χ1) is 11.1. The van der Waals surface area contributed by atoms with E-state index in [-0.39, 0.29) is 11.8 Å². The molecule has 0 aliphatic carbocycles. The first kappa shape index (κ1) is 15.9. The van der Waals surface area contributed by atoms with Crippen LogP contribution in [0.1, 0.15) is 13.8 Å². The van der Waals surface area contributed by atoms with Gasteiger partial charge in [-0.2, -0.15) is 4.99 Å². The molecule has 0 N–H and O–H groups in total. The van der Waals surface area contributed by atoms with Crippen LogP contribution in [0.25, 0.3) is 21.0 Å². The number of methoxy groups -OCH3 is 1. The highest BCUT2D eigenvalue weighted by atomic mass is 32.1. The number of carbonyl (C=O) groups excluding carboxylic acids is 1. The fraction of sp³-hybridized carbons (Fsp3) is 0.333. The van der Waals surface area contributed by atoms with Gasteiger partial charge in [-0.3, -0.25) is 4.79 Å². The third-order valence-corrected chi connectivity index (χ3v) is 4.92. The molecule has 1 amide bonds. The van der Waals surface area contributed by atoms with E-state index in [0.717, 1.165) is 15.0 Å². The van der Waals surface area contributed by atoms with Gasteiger partial charge in [-0.05, 0) is 11.5 Å². The van der Waals surface area contributed by atoms with Gasteiger partial charge >= 0.3 is 0 Å². The number of amides is 1. The second kappa shape index (κ2) is 6.64. The van der Waals surface area contributed by atoms with Crippen molar-refractivity contribution in [3.8, 4) is 0 Å². The molecule has 0 saturated heterocycles. The number of ether oxygens (including phenoxy) is 1. The molecule has 2 aromatic carbocycles. The van der Waals surface area contributed by atoms with Crippen molar-refractivity contribution in [2.24, 2.45) is 10.9 Å². The number of benzene rings is 2. The van der Waals surface area contributed by atoms with Gasteiger partial charge in [0.25, 0.3) is 5.91 Å². The van der Waals surface area contributed by atoms with E-state index in [9.17, 15) is 4.79 Å². The average Bonchev–Trinajstić information content (AvgIpc) is 2.90. The van der Waals surface area contributed by atoms with E-state index in [1.807, 2.05) is 26.0 Å². The van der Waals surface area contributed by atoms with Gasteiger partial charge in [-0.25, -0.2) is 0 Å². The Morgan fingerprint density at radius 2 is 2.04 bits per heavy atom. The standard InChI is InChI=1S/C18H20N2O2S/c1-12(2)17(21)19-18-20(10-11-22-3)15-9-8-13-6-4-5-7-14(13)16(15)23-18/h4-9,12H,10-11H2,1-3H3. The molecule has 4 nitrogen and oxygen atoms in total. The average molecular weight is 328 g/mol. The molecule has 0 aliphatic heterocycles. The third kappa shape index (κ3) is 3.07. The minimum Gasteiger partial charge on any atom is -0.383 e. The van der Waals surface area contributed by atoms with Crippen molar-refractivity contribution in [1.82, 2.24) is 4.57 Å². The summed E-state index contributed by atoms with van der Waals surface area (Å²) in [6.07, 6.45) is 0. The van der Waals surface area contributed by atoms with Gasteiger partial charge in [0.1, 0.15) is 0 Å². The van der Waals surface area contributed by atoms with Crippen LogP contribution < -0.4 is 4.80 Å². The summed E-state index contributed by atoms with van der Waals surface area (Å²) in [5.74, 6) is -0.195. The summed E-state index contributed by atoms with van der Waals surface area (Å²) in [6, 6.07) is 12.5. The number of aromatic nitrogens is 1. The molecule has 5 heteroatoms. The van der Waals surface area contributed by atoms with Gasteiger partial charge in [0.15, 0.2) is 4.80 Å². The lowest BCUT2D eigenvalue weighted by Crippen LogP contribution is -2.20. The molecule has 0 aliphatic rings. The van der Waals surface area contributed by atoms with Gasteiger partial charge in [0.2, 0.25) is 0 Å². The summed E-state index contributed by atoms with van der Waals surface area (Å²) in [6.45, 7) is 5.00. The zero-order valence-electron chi connectivity index (χ0n) is 13.6. The van der Waals surface area contributed by atoms with Crippen molar-refractivity contribution in [2.45, 2.75) is 20.4 Å². The van der Waals surface area contributed by atoms with Crippen molar-refractivity contribution in [3.05, 3.63) is 41.2 Å². The van der Waals surface area contributed by atoms with Crippen LogP contribution in [-0.2, 0) is 16.1 Å². The van der Waals surface area contributed by atoms with Crippen molar-refractivity contribution < 1.29 is 9.53 Å². The molecule has 3 rings (SSSR count). The maximum absolute atomic E-state index is 12.1. The van der Waals surface area contributed by atoms with Crippen molar-refractivity contribution in [1.29, 1.82) is 0 Å². The summed E-state index contributed by atoms with van der Waals surface area (Å²) in [4.78, 5) is 17.2. The Morgan fingerprint density at radius 3 is 2.78 bits per heavy atom. The Hall–Kier alpha value is -1.98. The van der Waals surface area contributed by atoms with Gasteiger partial charge in [-0.15, -0.1) is 0 Å². The minimum absolute atomic E-state index is 0.0907. The molecule has 3 aromatic rings. The van der Waals surface area contributed by atoms with E-state index < -0.39 is 0 Å². The summed E-state index contributed by atoms with van der Waals surface area (Å²) < 4.78 is 8.46. The van der Waals surface area contributed by atoms with Crippen LogP contribution in [0.2, 0.25) is 0 Å². The highest BCUT2D eigenvalue weighted by Gasteiger charge is 2.11. The zero-order valence-corrected chi connectivity index (χ0v) is 14.4. The molecule has 0 fully saturated rings. The molecular weight excluding hydrogens is 308 g/mol. The Morgan fingerprint density at radius 1 is 1.26 bits per heavy atom. The SMILES string of the molecule is COCCn1c(=NC(=O)C(C)C)sc2c3ccccc3ccc21. The lowest BCUT2D eigenvalue weighted by atomic mass is 10.1. The van der Waals surface area contributed by atoms with Crippen molar-refractivity contribution >= 4 is 38.2 Å². The summed E-state index contributed by atoms with van der Waals surface area (Å²) >= 11 is 1.57. The third-order valence-electron chi connectivity index (χ3n) is 3.79. The lowest BCUT2D eigenvalue weighted by Gasteiger charge is -2.05. The predicted octanol–water partition coefficient (Wildman–Crippen LogP) is 3.59. The number of carbonyl (C=O) groups is 1. The second-order valence-electron chi connectivity index (χ2n) is 5.77. The van der Waals surface area contributed by atoms with E-state index in [1.54, 1.807) is 18.4 Å². The van der Waals surface area contributed by atoms with E-state index in [2.05, 4.69) is 33.8 Å². The molecule has 0 unspecified atom stereocenters. The Balaban J connectivity index is 2.29. The first-order valence-corrected chi connectivity index (χ1v) is 8.52. The molecule has 120 valence electrons. The number of hydrogen-bond acceptors (Lipinski definition) is 3. The summed E-state index contributed by atoms with van der Waals surface area (Å²) in [5, 5.41) is 2.39. The van der Waals surface area contributed by atoms with E-state index in [4.69, 9.17) is 4.74 Å².